The van der Waals surface area contributed by atoms with Gasteiger partial charge in [0, 0.05) is 32.7 Å². The highest BCUT2D eigenvalue weighted by Gasteiger charge is 2.24. The van der Waals surface area contributed by atoms with Crippen molar-refractivity contribution >= 4 is 16.1 Å². The summed E-state index contributed by atoms with van der Waals surface area (Å²) in [6, 6.07) is 8.25. The summed E-state index contributed by atoms with van der Waals surface area (Å²) in [6.07, 6.45) is 2.24. The molecule has 8 heteroatoms. The van der Waals surface area contributed by atoms with Gasteiger partial charge in [0.05, 0.1) is 6.26 Å². The molecule has 0 spiro atoms. The fraction of sp³-hybridized carbons (Fsp3) is 0.588. The first-order chi connectivity index (χ1) is 11.8. The lowest BCUT2D eigenvalue weighted by atomic mass is 9.94. The van der Waals surface area contributed by atoms with Gasteiger partial charge >= 0.3 is 6.03 Å². The van der Waals surface area contributed by atoms with E-state index in [0.717, 1.165) is 32.3 Å². The van der Waals surface area contributed by atoms with Crippen molar-refractivity contribution in [2.24, 2.45) is 0 Å². The molecule has 1 aliphatic heterocycles. The van der Waals surface area contributed by atoms with Crippen molar-refractivity contribution in [3.63, 3.8) is 0 Å². The van der Waals surface area contributed by atoms with E-state index in [1.54, 1.807) is 0 Å². The number of amides is 2. The summed E-state index contributed by atoms with van der Waals surface area (Å²) in [6.45, 7) is 6.06. The van der Waals surface area contributed by atoms with Crippen LogP contribution in [0.3, 0.4) is 0 Å². The first kappa shape index (κ1) is 19.7. The predicted octanol–water partition coefficient (Wildman–Crippen LogP) is 0.633. The molecule has 1 atom stereocenters. The van der Waals surface area contributed by atoms with Crippen LogP contribution >= 0.6 is 0 Å². The lowest BCUT2D eigenvalue weighted by Gasteiger charge is -2.17. The van der Waals surface area contributed by atoms with Gasteiger partial charge < -0.3 is 15.5 Å². The molecule has 140 valence electrons. The SMILES string of the molecule is Cc1ccccc1[C@@H]1CCN(CCNC(=O)NCCNS(C)(=O)=O)C1. The van der Waals surface area contributed by atoms with Gasteiger partial charge in [-0.25, -0.2) is 17.9 Å². The van der Waals surface area contributed by atoms with E-state index in [0.29, 0.717) is 12.5 Å². The lowest BCUT2D eigenvalue weighted by Crippen LogP contribution is -2.42. The Morgan fingerprint density at radius 1 is 1.20 bits per heavy atom. The monoisotopic (exact) mass is 368 g/mol. The maximum Gasteiger partial charge on any atom is 0.314 e. The summed E-state index contributed by atoms with van der Waals surface area (Å²) in [5, 5.41) is 5.43. The van der Waals surface area contributed by atoms with Crippen LogP contribution in [0, 0.1) is 6.92 Å². The zero-order valence-corrected chi connectivity index (χ0v) is 15.7. The summed E-state index contributed by atoms with van der Waals surface area (Å²) in [7, 11) is -3.21. The first-order valence-electron chi connectivity index (χ1n) is 8.59. The summed E-state index contributed by atoms with van der Waals surface area (Å²) in [5.74, 6) is 0.567. The average molecular weight is 369 g/mol. The van der Waals surface area contributed by atoms with Gasteiger partial charge in [-0.2, -0.15) is 0 Å². The van der Waals surface area contributed by atoms with Crippen LogP contribution in [-0.4, -0.2) is 64.9 Å². The van der Waals surface area contributed by atoms with Gasteiger partial charge in [-0.1, -0.05) is 24.3 Å². The quantitative estimate of drug-likeness (QED) is 0.587. The molecule has 2 rings (SSSR count). The molecule has 1 aliphatic rings. The second-order valence-electron chi connectivity index (χ2n) is 6.49. The van der Waals surface area contributed by atoms with Crippen LogP contribution in [0.5, 0.6) is 0 Å². The summed E-state index contributed by atoms with van der Waals surface area (Å²) in [5.41, 5.74) is 2.77. The number of aryl methyl sites for hydroxylation is 1. The minimum Gasteiger partial charge on any atom is -0.337 e. The van der Waals surface area contributed by atoms with Crippen molar-refractivity contribution in [2.45, 2.75) is 19.3 Å². The molecule has 1 fully saturated rings. The second-order valence-corrected chi connectivity index (χ2v) is 8.32. The Labute approximate surface area is 150 Å². The topological polar surface area (TPSA) is 90.5 Å². The maximum absolute atomic E-state index is 11.7. The Balaban J connectivity index is 1.61. The van der Waals surface area contributed by atoms with E-state index in [9.17, 15) is 13.2 Å². The number of hydrogen-bond acceptors (Lipinski definition) is 4. The number of hydrogen-bond donors (Lipinski definition) is 3. The largest absolute Gasteiger partial charge is 0.337 e. The number of urea groups is 1. The minimum absolute atomic E-state index is 0.191. The zero-order valence-electron chi connectivity index (χ0n) is 14.9. The molecular weight excluding hydrogens is 340 g/mol. The van der Waals surface area contributed by atoms with Crippen LogP contribution in [0.2, 0.25) is 0 Å². The van der Waals surface area contributed by atoms with Gasteiger partial charge in [-0.15, -0.1) is 0 Å². The third-order valence-corrected chi connectivity index (χ3v) is 5.12. The highest BCUT2D eigenvalue weighted by Crippen LogP contribution is 2.28. The third kappa shape index (κ3) is 7.01. The van der Waals surface area contributed by atoms with E-state index in [4.69, 9.17) is 0 Å². The van der Waals surface area contributed by atoms with Crippen LogP contribution in [0.1, 0.15) is 23.5 Å². The molecule has 0 saturated carbocycles. The Bertz CT molecular complexity index is 678. The minimum atomic E-state index is -3.21. The highest BCUT2D eigenvalue weighted by atomic mass is 32.2. The Morgan fingerprint density at radius 2 is 1.92 bits per heavy atom. The smallest absolute Gasteiger partial charge is 0.314 e. The predicted molar refractivity (Wildman–Crippen MR) is 99.2 cm³/mol. The van der Waals surface area contributed by atoms with Crippen LogP contribution in [0.15, 0.2) is 24.3 Å². The molecule has 0 aliphatic carbocycles. The lowest BCUT2D eigenvalue weighted by molar-refractivity contribution is 0.238. The molecule has 1 aromatic carbocycles. The number of rotatable bonds is 8. The fourth-order valence-corrected chi connectivity index (χ4v) is 3.61. The summed E-state index contributed by atoms with van der Waals surface area (Å²) < 4.78 is 24.1. The standard InChI is InChI=1S/C17H28N4O3S/c1-14-5-3-4-6-16(14)15-7-11-21(13-15)12-10-19-17(22)18-8-9-20-25(2,23)24/h3-6,15,20H,7-13H2,1-2H3,(H2,18,19,22)/t15-/m1/s1. The Morgan fingerprint density at radius 3 is 2.64 bits per heavy atom. The molecule has 1 aromatic rings. The third-order valence-electron chi connectivity index (χ3n) is 4.39. The van der Waals surface area contributed by atoms with Crippen LogP contribution in [0.25, 0.3) is 0 Å². The van der Waals surface area contributed by atoms with Crippen LogP contribution < -0.4 is 15.4 Å². The van der Waals surface area contributed by atoms with Gasteiger partial charge in [0.1, 0.15) is 0 Å². The second kappa shape index (κ2) is 9.17. The number of carbonyl (C=O) groups excluding carboxylic acids is 1. The normalized spacial score (nSPS) is 18.2. The number of carbonyl (C=O) groups is 1. The van der Waals surface area contributed by atoms with E-state index >= 15 is 0 Å². The molecule has 1 saturated heterocycles. The van der Waals surface area contributed by atoms with E-state index in [-0.39, 0.29) is 19.1 Å². The summed E-state index contributed by atoms with van der Waals surface area (Å²) in [4.78, 5) is 14.0. The Hall–Kier alpha value is -1.64. The zero-order chi connectivity index (χ0) is 18.3. The fourth-order valence-electron chi connectivity index (χ4n) is 3.14. The first-order valence-corrected chi connectivity index (χ1v) is 10.5. The molecule has 0 aromatic heterocycles. The van der Waals surface area contributed by atoms with Gasteiger partial charge in [0.25, 0.3) is 0 Å². The maximum atomic E-state index is 11.7. The molecule has 0 radical (unpaired) electrons. The molecule has 7 nitrogen and oxygen atoms in total. The van der Waals surface area contributed by atoms with Crippen molar-refractivity contribution in [3.05, 3.63) is 35.4 Å². The highest BCUT2D eigenvalue weighted by molar-refractivity contribution is 7.88. The number of benzene rings is 1. The van der Waals surface area contributed by atoms with Gasteiger partial charge in [0.2, 0.25) is 10.0 Å². The van der Waals surface area contributed by atoms with E-state index in [1.807, 2.05) is 0 Å². The van der Waals surface area contributed by atoms with Gasteiger partial charge in [-0.3, -0.25) is 0 Å². The average Bonchev–Trinajstić information content (AvgIpc) is 3.00. The molecule has 2 amide bonds. The summed E-state index contributed by atoms with van der Waals surface area (Å²) >= 11 is 0. The van der Waals surface area contributed by atoms with Gasteiger partial charge in [-0.05, 0) is 36.9 Å². The molecule has 3 N–H and O–H groups in total. The van der Waals surface area contributed by atoms with E-state index < -0.39 is 10.0 Å². The van der Waals surface area contributed by atoms with Crippen LogP contribution in [0.4, 0.5) is 4.79 Å². The van der Waals surface area contributed by atoms with E-state index in [1.165, 1.54) is 11.1 Å². The molecule has 0 unspecified atom stereocenters. The number of nitrogens with zero attached hydrogens (tertiary/aromatic N) is 1. The van der Waals surface area contributed by atoms with Crippen molar-refractivity contribution in [1.82, 2.24) is 20.3 Å². The number of sulfonamides is 1. The molecule has 25 heavy (non-hydrogen) atoms. The number of nitrogens with one attached hydrogen (secondary N) is 3. The Kier molecular flexibility index (Phi) is 7.22. The molecule has 0 bridgehead atoms. The molecule has 1 heterocycles. The van der Waals surface area contributed by atoms with Gasteiger partial charge in [0.15, 0.2) is 0 Å². The van der Waals surface area contributed by atoms with Crippen molar-refractivity contribution in [1.29, 1.82) is 0 Å². The van der Waals surface area contributed by atoms with Crippen LogP contribution in [-0.2, 0) is 10.0 Å². The number of likely N-dealkylation sites (tertiary alicyclic amines) is 1. The van der Waals surface area contributed by atoms with Crippen molar-refractivity contribution in [3.8, 4) is 0 Å². The van der Waals surface area contributed by atoms with Crippen molar-refractivity contribution in [2.75, 3.05) is 45.5 Å². The van der Waals surface area contributed by atoms with Crippen molar-refractivity contribution < 1.29 is 13.2 Å². The molecular formula is C17H28N4O3S. The van der Waals surface area contributed by atoms with E-state index in [2.05, 4.69) is 51.4 Å².